The lowest BCUT2D eigenvalue weighted by Gasteiger charge is -2.49. The number of carbonyl (C=O) groups excluding carboxylic acids is 1. The molecular weight excluding hydrogens is 300 g/mol. The van der Waals surface area contributed by atoms with Crippen LogP contribution in [0.1, 0.15) is 64.7 Å². The number of aliphatic hydroxyl groups is 2. The van der Waals surface area contributed by atoms with E-state index in [4.69, 9.17) is 0 Å². The number of allylic oxidation sites excluding steroid dienone is 4. The van der Waals surface area contributed by atoms with Crippen molar-refractivity contribution in [1.82, 2.24) is 0 Å². The summed E-state index contributed by atoms with van der Waals surface area (Å²) in [6.07, 6.45) is 10.5. The largest absolute Gasteiger partial charge is 0.396 e. The Morgan fingerprint density at radius 2 is 2.08 bits per heavy atom. The molecule has 2 fully saturated rings. The Bertz CT molecular complexity index is 602. The smallest absolute Gasteiger partial charge is 0.156 e. The van der Waals surface area contributed by atoms with Gasteiger partial charge in [0.25, 0.3) is 0 Å². The molecule has 24 heavy (non-hydrogen) atoms. The van der Waals surface area contributed by atoms with Crippen LogP contribution in [-0.4, -0.2) is 28.7 Å². The van der Waals surface area contributed by atoms with Gasteiger partial charge in [-0.25, -0.2) is 0 Å². The maximum atomic E-state index is 11.7. The summed E-state index contributed by atoms with van der Waals surface area (Å²) in [5.74, 6) is 1.82. The molecule has 3 heteroatoms. The summed E-state index contributed by atoms with van der Waals surface area (Å²) in [5.41, 5.74) is 4.66. The Labute approximate surface area is 144 Å². The number of aliphatic hydroxyl groups excluding tert-OH is 2. The molecule has 132 valence electrons. The van der Waals surface area contributed by atoms with Crippen LogP contribution in [0, 0.1) is 23.2 Å². The van der Waals surface area contributed by atoms with Gasteiger partial charge in [-0.1, -0.05) is 12.5 Å². The third-order valence-corrected chi connectivity index (χ3v) is 7.65. The fraction of sp³-hybridized carbons (Fsp3) is 0.762. The van der Waals surface area contributed by atoms with Crippen molar-refractivity contribution in [2.45, 2.75) is 70.8 Å². The van der Waals surface area contributed by atoms with Crippen molar-refractivity contribution in [2.75, 3.05) is 6.61 Å². The van der Waals surface area contributed by atoms with Crippen LogP contribution in [0.4, 0.5) is 0 Å². The lowest BCUT2D eigenvalue weighted by molar-refractivity contribution is -0.114. The molecule has 3 nitrogen and oxygen atoms in total. The maximum Gasteiger partial charge on any atom is 0.156 e. The number of carbonyl (C=O) groups is 1. The molecule has 0 bridgehead atoms. The third kappa shape index (κ3) is 2.43. The summed E-state index contributed by atoms with van der Waals surface area (Å²) >= 11 is 0. The van der Waals surface area contributed by atoms with E-state index in [1.165, 1.54) is 11.1 Å². The zero-order valence-corrected chi connectivity index (χ0v) is 14.8. The summed E-state index contributed by atoms with van der Waals surface area (Å²) in [7, 11) is 0. The second-order valence-electron chi connectivity index (χ2n) is 8.67. The molecule has 0 aromatic rings. The van der Waals surface area contributed by atoms with Gasteiger partial charge in [0.15, 0.2) is 5.78 Å². The molecule has 2 N–H and O–H groups in total. The average Bonchev–Trinajstić information content (AvgIpc) is 2.82. The van der Waals surface area contributed by atoms with Gasteiger partial charge in [-0.3, -0.25) is 4.79 Å². The molecule has 0 aromatic carbocycles. The van der Waals surface area contributed by atoms with E-state index in [0.717, 1.165) is 51.4 Å². The third-order valence-electron chi connectivity index (χ3n) is 7.65. The minimum atomic E-state index is -0.208. The van der Waals surface area contributed by atoms with Crippen molar-refractivity contribution < 1.29 is 15.0 Å². The van der Waals surface area contributed by atoms with E-state index >= 15 is 0 Å². The molecule has 4 aliphatic carbocycles. The molecule has 0 spiro atoms. The molecule has 4 aliphatic rings. The number of hydrogen-bond donors (Lipinski definition) is 2. The van der Waals surface area contributed by atoms with Crippen LogP contribution in [0.5, 0.6) is 0 Å². The number of ketones is 1. The summed E-state index contributed by atoms with van der Waals surface area (Å²) in [5, 5.41) is 19.9. The Morgan fingerprint density at radius 3 is 2.88 bits per heavy atom. The minimum Gasteiger partial charge on any atom is -0.396 e. The van der Waals surface area contributed by atoms with Crippen molar-refractivity contribution in [3.05, 3.63) is 22.8 Å². The van der Waals surface area contributed by atoms with E-state index in [9.17, 15) is 15.0 Å². The normalized spacial score (nSPS) is 41.6. The SMILES string of the molecule is C[C@@]12CCC3=C4CCC(=O)C=C4CC[C@H]3[C@@H]1CC(O)[C@@H]2CCCO. The maximum absolute atomic E-state index is 11.7. The van der Waals surface area contributed by atoms with Crippen LogP contribution in [0.3, 0.4) is 0 Å². The van der Waals surface area contributed by atoms with Crippen LogP contribution >= 0.6 is 0 Å². The number of hydrogen-bond acceptors (Lipinski definition) is 3. The van der Waals surface area contributed by atoms with Crippen molar-refractivity contribution >= 4 is 5.78 Å². The van der Waals surface area contributed by atoms with Crippen LogP contribution in [0.15, 0.2) is 22.8 Å². The van der Waals surface area contributed by atoms with Crippen molar-refractivity contribution in [3.8, 4) is 0 Å². The van der Waals surface area contributed by atoms with Gasteiger partial charge in [0.05, 0.1) is 6.10 Å². The summed E-state index contributed by atoms with van der Waals surface area (Å²) in [6.45, 7) is 2.62. The second kappa shape index (κ2) is 6.10. The van der Waals surface area contributed by atoms with Crippen LogP contribution in [-0.2, 0) is 4.79 Å². The van der Waals surface area contributed by atoms with Crippen LogP contribution < -0.4 is 0 Å². The van der Waals surface area contributed by atoms with E-state index in [-0.39, 0.29) is 18.1 Å². The van der Waals surface area contributed by atoms with Crippen molar-refractivity contribution in [2.24, 2.45) is 23.2 Å². The highest BCUT2D eigenvalue weighted by Crippen LogP contribution is 2.62. The van der Waals surface area contributed by atoms with Gasteiger partial charge in [0.1, 0.15) is 0 Å². The van der Waals surface area contributed by atoms with E-state index < -0.39 is 0 Å². The standard InChI is InChI=1S/C21H30O3/c1-21-9-8-16-15-7-5-14(23)11-13(15)4-6-17(16)19(21)12-20(24)18(21)3-2-10-22/h11,17-20,22,24H,2-10,12H2,1H3/t17-,18+,19+,20?,21+/m1/s1. The molecule has 0 radical (unpaired) electrons. The minimum absolute atomic E-state index is 0.208. The van der Waals surface area contributed by atoms with E-state index in [2.05, 4.69) is 6.92 Å². The fourth-order valence-electron chi connectivity index (χ4n) is 6.48. The number of rotatable bonds is 3. The molecule has 0 aromatic heterocycles. The lowest BCUT2D eigenvalue weighted by Crippen LogP contribution is -2.40. The fourth-order valence-corrected chi connectivity index (χ4v) is 6.48. The van der Waals surface area contributed by atoms with Gasteiger partial charge in [0, 0.05) is 13.0 Å². The van der Waals surface area contributed by atoms with Gasteiger partial charge in [-0.15, -0.1) is 0 Å². The zero-order valence-electron chi connectivity index (χ0n) is 14.8. The molecule has 0 amide bonds. The summed E-state index contributed by atoms with van der Waals surface area (Å²) in [6, 6.07) is 0. The van der Waals surface area contributed by atoms with Gasteiger partial charge >= 0.3 is 0 Å². The lowest BCUT2D eigenvalue weighted by atomic mass is 9.55. The molecule has 0 heterocycles. The molecule has 0 saturated heterocycles. The van der Waals surface area contributed by atoms with Crippen molar-refractivity contribution in [3.63, 3.8) is 0 Å². The molecule has 5 atom stereocenters. The van der Waals surface area contributed by atoms with Gasteiger partial charge in [-0.2, -0.15) is 0 Å². The first-order valence-corrected chi connectivity index (χ1v) is 9.79. The van der Waals surface area contributed by atoms with E-state index in [0.29, 0.717) is 30.0 Å². The van der Waals surface area contributed by atoms with Gasteiger partial charge in [-0.05, 0) is 91.8 Å². The Balaban J connectivity index is 1.65. The molecule has 4 rings (SSSR count). The van der Waals surface area contributed by atoms with Crippen LogP contribution in [0.2, 0.25) is 0 Å². The van der Waals surface area contributed by atoms with Crippen molar-refractivity contribution in [1.29, 1.82) is 0 Å². The first-order valence-electron chi connectivity index (χ1n) is 9.79. The zero-order chi connectivity index (χ0) is 16.9. The Morgan fingerprint density at radius 1 is 1.25 bits per heavy atom. The summed E-state index contributed by atoms with van der Waals surface area (Å²) < 4.78 is 0. The Kier molecular flexibility index (Phi) is 4.20. The van der Waals surface area contributed by atoms with Gasteiger partial charge < -0.3 is 10.2 Å². The first-order chi connectivity index (χ1) is 11.5. The van der Waals surface area contributed by atoms with Gasteiger partial charge in [0.2, 0.25) is 0 Å². The van der Waals surface area contributed by atoms with E-state index in [1.54, 1.807) is 5.57 Å². The highest BCUT2D eigenvalue weighted by atomic mass is 16.3. The van der Waals surface area contributed by atoms with E-state index in [1.807, 2.05) is 6.08 Å². The second-order valence-corrected chi connectivity index (χ2v) is 8.67. The predicted molar refractivity (Wildman–Crippen MR) is 93.3 cm³/mol. The molecule has 2 saturated carbocycles. The quantitative estimate of drug-likeness (QED) is 0.832. The highest BCUT2D eigenvalue weighted by Gasteiger charge is 2.56. The number of fused-ring (bicyclic) bond motifs is 4. The average molecular weight is 330 g/mol. The summed E-state index contributed by atoms with van der Waals surface area (Å²) in [4.78, 5) is 11.7. The topological polar surface area (TPSA) is 57.5 Å². The Hall–Kier alpha value is -0.930. The first kappa shape index (κ1) is 16.5. The molecule has 1 unspecified atom stereocenters. The highest BCUT2D eigenvalue weighted by molar-refractivity contribution is 5.93. The predicted octanol–water partition coefficient (Wildman–Crippen LogP) is 3.55. The van der Waals surface area contributed by atoms with Crippen LogP contribution in [0.25, 0.3) is 0 Å². The molecule has 0 aliphatic heterocycles. The monoisotopic (exact) mass is 330 g/mol. The molecular formula is C21H30O3.